The van der Waals surface area contributed by atoms with Gasteiger partial charge in [-0.05, 0) is 42.3 Å². The van der Waals surface area contributed by atoms with Crippen LogP contribution in [0.5, 0.6) is 0 Å². The highest BCUT2D eigenvalue weighted by molar-refractivity contribution is 6.32. The predicted molar refractivity (Wildman–Crippen MR) is 73.3 cm³/mol. The summed E-state index contributed by atoms with van der Waals surface area (Å²) in [5.74, 6) is 0.501. The number of hydrogen-bond acceptors (Lipinski definition) is 2. The molecule has 2 nitrogen and oxygen atoms in total. The van der Waals surface area contributed by atoms with Crippen molar-refractivity contribution in [3.63, 3.8) is 0 Å². The molecule has 0 radical (unpaired) electrons. The van der Waals surface area contributed by atoms with Gasteiger partial charge in [0.1, 0.15) is 5.15 Å². The number of hydrogen-bond donors (Lipinski definition) is 0. The molecular weight excluding hydrogens is 267 g/mol. The molecule has 18 heavy (non-hydrogen) atoms. The molecule has 0 spiro atoms. The van der Waals surface area contributed by atoms with Gasteiger partial charge in [-0.15, -0.1) is 0 Å². The van der Waals surface area contributed by atoms with E-state index in [0.717, 1.165) is 30.5 Å². The fourth-order valence-electron chi connectivity index (χ4n) is 2.55. The van der Waals surface area contributed by atoms with Gasteiger partial charge in [0.05, 0.1) is 5.69 Å². The van der Waals surface area contributed by atoms with Crippen LogP contribution in [0, 0.1) is 0 Å². The number of aromatic nitrogens is 2. The molecule has 1 aliphatic rings. The van der Waals surface area contributed by atoms with Crippen LogP contribution < -0.4 is 0 Å². The molecule has 0 unspecified atom stereocenters. The lowest BCUT2D eigenvalue weighted by molar-refractivity contribution is 0.571. The van der Waals surface area contributed by atoms with Gasteiger partial charge in [0.2, 0.25) is 5.28 Å². The van der Waals surface area contributed by atoms with Gasteiger partial charge < -0.3 is 0 Å². The maximum atomic E-state index is 6.16. The molecule has 0 aliphatic heterocycles. The average molecular weight is 279 g/mol. The van der Waals surface area contributed by atoms with E-state index in [1.54, 1.807) is 0 Å². The maximum absolute atomic E-state index is 6.16. The summed E-state index contributed by atoms with van der Waals surface area (Å²) in [5, 5.41) is 0.752. The minimum atomic E-state index is 0.247. The second-order valence-electron chi connectivity index (χ2n) is 4.56. The van der Waals surface area contributed by atoms with Crippen LogP contribution in [0.4, 0.5) is 0 Å². The first-order valence-electron chi connectivity index (χ1n) is 6.00. The van der Waals surface area contributed by atoms with E-state index in [1.165, 1.54) is 5.56 Å². The highest BCUT2D eigenvalue weighted by atomic mass is 35.5. The molecule has 0 fully saturated rings. The van der Waals surface area contributed by atoms with Crippen LogP contribution in [-0.4, -0.2) is 9.97 Å². The van der Waals surface area contributed by atoms with Crippen LogP contribution in [0.25, 0.3) is 0 Å². The second-order valence-corrected chi connectivity index (χ2v) is 5.26. The third-order valence-corrected chi connectivity index (χ3v) is 3.95. The molecule has 0 N–H and O–H groups in total. The van der Waals surface area contributed by atoms with E-state index < -0.39 is 0 Å². The minimum Gasteiger partial charge on any atom is -0.223 e. The highest BCUT2D eigenvalue weighted by Crippen LogP contribution is 2.34. The molecule has 3 rings (SSSR count). The van der Waals surface area contributed by atoms with Crippen LogP contribution in [0.15, 0.2) is 30.3 Å². The Morgan fingerprint density at radius 2 is 1.83 bits per heavy atom. The number of fused-ring (bicyclic) bond motifs is 1. The lowest BCUT2D eigenvalue weighted by atomic mass is 9.83. The van der Waals surface area contributed by atoms with Crippen molar-refractivity contribution in [1.29, 1.82) is 0 Å². The Balaban J connectivity index is 1.94. The van der Waals surface area contributed by atoms with Crippen molar-refractivity contribution >= 4 is 23.2 Å². The Bertz CT molecular complexity index is 570. The zero-order chi connectivity index (χ0) is 12.5. The zero-order valence-corrected chi connectivity index (χ0v) is 11.2. The average Bonchev–Trinajstić information content (AvgIpc) is 2.39. The van der Waals surface area contributed by atoms with Crippen molar-refractivity contribution in [2.45, 2.75) is 25.2 Å². The van der Waals surface area contributed by atoms with Gasteiger partial charge in [0.25, 0.3) is 0 Å². The summed E-state index contributed by atoms with van der Waals surface area (Å²) in [6.07, 6.45) is 2.90. The summed E-state index contributed by atoms with van der Waals surface area (Å²) in [7, 11) is 0. The Kier molecular flexibility index (Phi) is 3.23. The van der Waals surface area contributed by atoms with Crippen LogP contribution in [0.2, 0.25) is 10.4 Å². The topological polar surface area (TPSA) is 25.8 Å². The molecule has 0 amide bonds. The van der Waals surface area contributed by atoms with Gasteiger partial charge in [0.15, 0.2) is 0 Å². The lowest BCUT2D eigenvalue weighted by Crippen LogP contribution is -2.15. The molecule has 2 aromatic rings. The minimum absolute atomic E-state index is 0.247. The third kappa shape index (κ3) is 2.23. The molecule has 1 aliphatic carbocycles. The smallest absolute Gasteiger partial charge is 0.223 e. The van der Waals surface area contributed by atoms with Crippen molar-refractivity contribution < 1.29 is 0 Å². The Labute approximate surface area is 116 Å². The second kappa shape index (κ2) is 4.87. The van der Waals surface area contributed by atoms with E-state index in [-0.39, 0.29) is 5.28 Å². The van der Waals surface area contributed by atoms with Gasteiger partial charge in [-0.2, -0.15) is 0 Å². The Hall–Kier alpha value is -1.12. The number of benzene rings is 1. The van der Waals surface area contributed by atoms with Crippen molar-refractivity contribution in [3.8, 4) is 0 Å². The first-order valence-corrected chi connectivity index (χ1v) is 6.75. The van der Waals surface area contributed by atoms with Crippen molar-refractivity contribution in [2.75, 3.05) is 0 Å². The van der Waals surface area contributed by atoms with Crippen molar-refractivity contribution in [2.24, 2.45) is 0 Å². The standard InChI is InChI=1S/C14H12Cl2N2/c15-13-11-8-10(9-4-2-1-3-5-9)6-7-12(11)17-14(16)18-13/h1-5,10H,6-8H2/t10-/m0/s1. The van der Waals surface area contributed by atoms with E-state index in [9.17, 15) is 0 Å². The van der Waals surface area contributed by atoms with Crippen LogP contribution in [-0.2, 0) is 12.8 Å². The SMILES string of the molecule is Clc1nc(Cl)c2c(n1)CC[C@H](c1ccccc1)C2. The van der Waals surface area contributed by atoms with Crippen LogP contribution >= 0.6 is 23.2 Å². The number of aryl methyl sites for hydroxylation is 1. The van der Waals surface area contributed by atoms with Gasteiger partial charge >= 0.3 is 0 Å². The molecule has 1 aromatic heterocycles. The lowest BCUT2D eigenvalue weighted by Gasteiger charge is -2.24. The predicted octanol–water partition coefficient (Wildman–Crippen LogP) is 4.06. The fourth-order valence-corrected chi connectivity index (χ4v) is 3.05. The number of halogens is 2. The molecule has 0 saturated heterocycles. The summed E-state index contributed by atoms with van der Waals surface area (Å²) >= 11 is 12.0. The van der Waals surface area contributed by atoms with E-state index in [4.69, 9.17) is 23.2 Å². The van der Waals surface area contributed by atoms with Gasteiger partial charge in [0, 0.05) is 5.56 Å². The summed E-state index contributed by atoms with van der Waals surface area (Å²) in [5.41, 5.74) is 3.42. The third-order valence-electron chi connectivity index (χ3n) is 3.47. The fraction of sp³-hybridized carbons (Fsp3) is 0.286. The molecule has 92 valence electrons. The first kappa shape index (κ1) is 11.9. The number of nitrogens with zero attached hydrogens (tertiary/aromatic N) is 2. The van der Waals surface area contributed by atoms with Gasteiger partial charge in [-0.25, -0.2) is 9.97 Å². The molecular formula is C14H12Cl2N2. The van der Waals surface area contributed by atoms with Gasteiger partial charge in [-0.1, -0.05) is 41.9 Å². The van der Waals surface area contributed by atoms with Crippen molar-refractivity contribution in [1.82, 2.24) is 9.97 Å². The molecule has 0 bridgehead atoms. The van der Waals surface area contributed by atoms with E-state index >= 15 is 0 Å². The summed E-state index contributed by atoms with van der Waals surface area (Å²) in [6, 6.07) is 10.5. The van der Waals surface area contributed by atoms with Crippen molar-refractivity contribution in [3.05, 3.63) is 57.6 Å². The highest BCUT2D eigenvalue weighted by Gasteiger charge is 2.24. The largest absolute Gasteiger partial charge is 0.224 e. The summed E-state index contributed by atoms with van der Waals surface area (Å²) in [4.78, 5) is 8.31. The Morgan fingerprint density at radius 1 is 1.06 bits per heavy atom. The quantitative estimate of drug-likeness (QED) is 0.581. The molecule has 1 atom stereocenters. The maximum Gasteiger partial charge on any atom is 0.224 e. The van der Waals surface area contributed by atoms with Crippen LogP contribution in [0.3, 0.4) is 0 Å². The molecule has 1 aromatic carbocycles. The zero-order valence-electron chi connectivity index (χ0n) is 9.74. The molecule has 4 heteroatoms. The molecule has 1 heterocycles. The normalized spacial score (nSPS) is 18.4. The molecule has 0 saturated carbocycles. The monoisotopic (exact) mass is 278 g/mol. The van der Waals surface area contributed by atoms with Gasteiger partial charge in [-0.3, -0.25) is 0 Å². The van der Waals surface area contributed by atoms with E-state index in [1.807, 2.05) is 6.07 Å². The summed E-state index contributed by atoms with van der Waals surface area (Å²) in [6.45, 7) is 0. The number of rotatable bonds is 1. The summed E-state index contributed by atoms with van der Waals surface area (Å²) < 4.78 is 0. The van der Waals surface area contributed by atoms with E-state index in [2.05, 4.69) is 34.2 Å². The van der Waals surface area contributed by atoms with Crippen LogP contribution in [0.1, 0.15) is 29.2 Å². The Morgan fingerprint density at radius 3 is 2.61 bits per heavy atom. The first-order chi connectivity index (χ1) is 8.74. The van der Waals surface area contributed by atoms with E-state index in [0.29, 0.717) is 11.1 Å².